The normalized spacial score (nSPS) is 9.91. The molecule has 10 amide bonds. The molecule has 0 aliphatic carbocycles. The van der Waals surface area contributed by atoms with Crippen molar-refractivity contribution in [3.63, 3.8) is 0 Å². The van der Waals surface area contributed by atoms with Gasteiger partial charge in [-0.1, -0.05) is 204 Å². The highest BCUT2D eigenvalue weighted by atomic mass is 16.6. The fraction of sp³-hybridized carbons (Fsp3) is 0.635. The van der Waals surface area contributed by atoms with Crippen molar-refractivity contribution < 1.29 is 95.8 Å². The molecule has 0 saturated carbocycles. The molecule has 0 rings (SSSR count). The summed E-state index contributed by atoms with van der Waals surface area (Å²) in [6.07, 6.45) is 5.89. The predicted octanol–water partition coefficient (Wildman–Crippen LogP) is 17.9. The summed E-state index contributed by atoms with van der Waals surface area (Å²) in [5.41, 5.74) is 5.60. The second-order valence-corrected chi connectivity index (χ2v) is 36.6. The van der Waals surface area contributed by atoms with Gasteiger partial charge in [0.2, 0.25) is 23.6 Å². The third-order valence-electron chi connectivity index (χ3n) is 16.5. The van der Waals surface area contributed by atoms with E-state index < -0.39 is 12.2 Å². The molecule has 0 radical (unpaired) electrons. The van der Waals surface area contributed by atoms with Crippen molar-refractivity contribution in [1.82, 2.24) is 53.2 Å². The summed E-state index contributed by atoms with van der Waals surface area (Å²) < 4.78 is 9.72. The van der Waals surface area contributed by atoms with Gasteiger partial charge in [0.15, 0.2) is 57.8 Å². The second-order valence-electron chi connectivity index (χ2n) is 36.6. The number of alkyl carbamates (subject to hydrolysis) is 2. The van der Waals surface area contributed by atoms with Crippen LogP contribution in [0.15, 0.2) is 122 Å². The Morgan fingerprint density at radius 2 is 0.388 bits per heavy atom. The van der Waals surface area contributed by atoms with Crippen LogP contribution in [0.5, 0.6) is 0 Å². The lowest BCUT2D eigenvalue weighted by Gasteiger charge is -2.08. The summed E-state index contributed by atoms with van der Waals surface area (Å²) in [4.78, 5) is 199. The van der Waals surface area contributed by atoms with Gasteiger partial charge in [-0.25, -0.2) is 19.2 Å². The van der Waals surface area contributed by atoms with Crippen LogP contribution in [-0.4, -0.2) is 184 Å². The number of ether oxygens (including phenoxy) is 2. The molecule has 0 aliphatic heterocycles. The van der Waals surface area contributed by atoms with Crippen LogP contribution >= 0.6 is 0 Å². The Kier molecular flexibility index (Phi) is 96.2. The Morgan fingerprint density at radius 1 is 0.209 bits per heavy atom. The molecule has 0 bridgehead atoms. The van der Waals surface area contributed by atoms with Crippen molar-refractivity contribution in [3.05, 3.63) is 122 Å². The van der Waals surface area contributed by atoms with Crippen LogP contribution in [0.1, 0.15) is 298 Å². The van der Waals surface area contributed by atoms with E-state index in [0.29, 0.717) is 246 Å². The number of Topliss-reactive ketones (excluding diaryl/α,β-unsaturated/α-hetero) is 10. The van der Waals surface area contributed by atoms with Gasteiger partial charge in [-0.15, -0.1) is 0 Å². The number of rotatable bonds is 54. The topological polar surface area (TPSA) is 446 Å². The van der Waals surface area contributed by atoms with Gasteiger partial charge >= 0.3 is 24.2 Å². The fourth-order valence-electron chi connectivity index (χ4n) is 7.94. The highest BCUT2D eigenvalue weighted by Gasteiger charge is 2.15. The van der Waals surface area contributed by atoms with Gasteiger partial charge in [-0.3, -0.25) is 67.1 Å². The smallest absolute Gasteiger partial charge is 0.407 e. The van der Waals surface area contributed by atoms with Crippen molar-refractivity contribution in [2.75, 3.05) is 78.7 Å². The zero-order valence-corrected chi connectivity index (χ0v) is 88.4. The lowest BCUT2D eigenvalue weighted by molar-refractivity contribution is -0.125. The summed E-state index contributed by atoms with van der Waals surface area (Å²) in [6, 6.07) is -0.448. The minimum atomic E-state index is -0.474. The summed E-state index contributed by atoms with van der Waals surface area (Å²) in [7, 11) is 0. The molecular weight excluding hydrogens is 1710 g/mol. The minimum absolute atomic E-state index is 0.00376. The molecule has 768 valence electrons. The molecular formula is C104H182N10O20. The zero-order valence-electron chi connectivity index (χ0n) is 88.4. The molecule has 0 atom stereocenters. The maximum absolute atomic E-state index is 11.2. The zero-order chi connectivity index (χ0) is 107. The largest absolute Gasteiger partial charge is 0.449 e. The first kappa shape index (κ1) is 143. The molecule has 0 fully saturated rings. The molecule has 0 saturated heterocycles. The third-order valence-corrected chi connectivity index (χ3v) is 16.5. The number of amides is 10. The van der Waals surface area contributed by atoms with E-state index in [1.807, 2.05) is 111 Å². The Bertz CT molecular complexity index is 3380. The molecule has 30 heteroatoms. The van der Waals surface area contributed by atoms with E-state index in [0.717, 1.165) is 12.8 Å². The van der Waals surface area contributed by atoms with Gasteiger partial charge < -0.3 is 62.6 Å². The molecule has 0 spiro atoms. The quantitative estimate of drug-likeness (QED) is 0.0253. The van der Waals surface area contributed by atoms with Crippen LogP contribution in [0.3, 0.4) is 0 Å². The van der Waals surface area contributed by atoms with Crippen molar-refractivity contribution in [2.45, 2.75) is 298 Å². The van der Waals surface area contributed by atoms with Crippen molar-refractivity contribution >= 4 is 106 Å². The molecule has 30 nitrogen and oxygen atoms in total. The number of urea groups is 2. The van der Waals surface area contributed by atoms with Crippen LogP contribution in [-0.2, 0) is 76.6 Å². The molecule has 0 aromatic carbocycles. The molecule has 10 N–H and O–H groups in total. The third kappa shape index (κ3) is 115. The lowest BCUT2D eigenvalue weighted by Crippen LogP contribution is -2.38. The van der Waals surface area contributed by atoms with Crippen LogP contribution in [0.4, 0.5) is 19.2 Å². The van der Waals surface area contributed by atoms with E-state index in [1.165, 1.54) is 0 Å². The van der Waals surface area contributed by atoms with Gasteiger partial charge in [0.05, 0.1) is 13.2 Å². The highest BCUT2D eigenvalue weighted by molar-refractivity contribution is 5.99. The van der Waals surface area contributed by atoms with Crippen LogP contribution in [0.25, 0.3) is 0 Å². The predicted molar refractivity (Wildman–Crippen MR) is 545 cm³/mol. The maximum Gasteiger partial charge on any atom is 0.407 e. The SMILES string of the molecule is C=C(C)C(=O)CCC(C)C.C=C(C)C(=O)CCC(C)C.C=C(C)C(=O)CCNC(=O)C(C)C.C=C(C)C(=O)CCNC(=O)C(C)C.C=C(C)C(=O)CCNC(=O)CC(C)C.C=C(C)C(=O)CCNC(=O)CC(C)C.C=C(C)C(=O)CCNC(=O)NCC(C)C.C=C(C)C(=O)CCNC(=O)NCC(C)C.C=C(C)C(=O)CCNC(=O)OCC(C)C.C=C(C)C(=O)CCNC(=O)OCC(C)C. The van der Waals surface area contributed by atoms with Crippen molar-refractivity contribution in [1.29, 1.82) is 0 Å². The van der Waals surface area contributed by atoms with Gasteiger partial charge in [0.25, 0.3) is 0 Å². The molecule has 0 aliphatic rings. The molecule has 0 aromatic rings. The summed E-state index contributed by atoms with van der Waals surface area (Å²) in [5, 5.41) is 26.4. The standard InChI is InChI=1S/2C11H20N2O2.2C11H19NO3.2C11H19NO2.2C10H17NO2.2C9H16O/c2*1-8(2)7-13-11(15)12-6-5-10(14)9(3)4;2*1-8(2)7-15-11(14)12-6-5-10(13)9(3)4;2*1-8(2)7-11(14)12-6-5-10(13)9(3)4;2*1-7(2)9(12)5-6-11-10(13)8(3)4;2*1-7(2)5-6-9(10)8(3)4/h2*8H,3,5-7H2,1-2,4H3,(H2,12,13,15);2*8H,3,5-7H2,1-2,4H3,(H,12,14);2*8H,3,5-7H2,1-2,4H3,(H,12,14);2*8H,1,5-6H2,2-4H3,(H,11,13);2*7H,3,5-6H2,1-2,4H3. The Balaban J connectivity index is -0.000000160. The fourth-order valence-corrected chi connectivity index (χ4v) is 7.94. The Labute approximate surface area is 807 Å². The number of carbonyl (C=O) groups excluding carboxylic acids is 18. The number of ketones is 10. The number of allylic oxidation sites excluding steroid dienone is 10. The summed E-state index contributed by atoms with van der Waals surface area (Å²) in [5.74, 6) is 3.65. The highest BCUT2D eigenvalue weighted by Crippen LogP contribution is 2.10. The van der Waals surface area contributed by atoms with Crippen LogP contribution < -0.4 is 53.2 Å². The lowest BCUT2D eigenvalue weighted by atomic mass is 10.0. The minimum Gasteiger partial charge on any atom is -0.449 e. The van der Waals surface area contributed by atoms with Crippen LogP contribution in [0.2, 0.25) is 0 Å². The monoisotopic (exact) mass is 1890 g/mol. The molecule has 0 heterocycles. The first-order valence-corrected chi connectivity index (χ1v) is 46.4. The molecule has 0 aromatic heterocycles. The second kappa shape index (κ2) is 89.9. The van der Waals surface area contributed by atoms with Gasteiger partial charge in [0, 0.05) is 154 Å². The van der Waals surface area contributed by atoms with Gasteiger partial charge in [-0.05, 0) is 185 Å². The van der Waals surface area contributed by atoms with E-state index >= 15 is 0 Å². The van der Waals surface area contributed by atoms with E-state index in [4.69, 9.17) is 9.47 Å². The summed E-state index contributed by atoms with van der Waals surface area (Å²) in [6.45, 7) is 96.8. The molecule has 0 unspecified atom stereocenters. The van der Waals surface area contributed by atoms with Crippen molar-refractivity contribution in [3.8, 4) is 0 Å². The number of hydrogen-bond donors (Lipinski definition) is 10. The first-order valence-electron chi connectivity index (χ1n) is 46.4. The Hall–Kier alpha value is -10.9. The van der Waals surface area contributed by atoms with Gasteiger partial charge in [-0.2, -0.15) is 0 Å². The maximum atomic E-state index is 11.2. The van der Waals surface area contributed by atoms with E-state index in [2.05, 4.69) is 147 Å². The van der Waals surface area contributed by atoms with Crippen molar-refractivity contribution in [2.24, 2.45) is 59.2 Å². The van der Waals surface area contributed by atoms with E-state index in [1.54, 1.807) is 69.2 Å². The van der Waals surface area contributed by atoms with Gasteiger partial charge in [0.1, 0.15) is 0 Å². The van der Waals surface area contributed by atoms with E-state index in [-0.39, 0.29) is 118 Å². The van der Waals surface area contributed by atoms with E-state index in [9.17, 15) is 86.3 Å². The number of carbonyl (C=O) groups is 18. The molecule has 134 heavy (non-hydrogen) atoms. The summed E-state index contributed by atoms with van der Waals surface area (Å²) >= 11 is 0. The van der Waals surface area contributed by atoms with Crippen LogP contribution in [0, 0.1) is 59.2 Å². The number of hydrogen-bond acceptors (Lipinski definition) is 20. The average Bonchev–Trinajstić information content (AvgIpc) is 0.978. The number of nitrogens with one attached hydrogen (secondary N) is 10. The first-order chi connectivity index (χ1) is 61.6. The Morgan fingerprint density at radius 3 is 0.552 bits per heavy atom. The average molecular weight is 1890 g/mol.